The van der Waals surface area contributed by atoms with Crippen molar-refractivity contribution >= 4 is 0 Å². The Morgan fingerprint density at radius 2 is 1.87 bits per heavy atom. The Morgan fingerprint density at radius 3 is 2.33 bits per heavy atom. The second kappa shape index (κ2) is 8.30. The number of rotatable bonds is 7. The van der Waals surface area contributed by atoms with E-state index in [1.807, 2.05) is 0 Å². The highest BCUT2D eigenvalue weighted by Crippen LogP contribution is 2.20. The molecule has 2 nitrogen and oxygen atoms in total. The van der Waals surface area contributed by atoms with Crippen molar-refractivity contribution in [1.29, 1.82) is 5.26 Å². The molecule has 0 heterocycles. The van der Waals surface area contributed by atoms with Crippen LogP contribution in [-0.2, 0) is 0 Å². The van der Waals surface area contributed by atoms with Crippen LogP contribution >= 0.6 is 0 Å². The maximum Gasteiger partial charge on any atom is 0.225 e. The van der Waals surface area contributed by atoms with E-state index in [9.17, 15) is 0 Å². The van der Waals surface area contributed by atoms with E-state index in [4.69, 9.17) is 11.8 Å². The zero-order valence-electron chi connectivity index (χ0n) is 10.2. The highest BCUT2D eigenvalue weighted by atomic mass is 14.7. The van der Waals surface area contributed by atoms with Gasteiger partial charge in [-0.25, -0.2) is 6.57 Å². The molecular formula is C13H22N2. The summed E-state index contributed by atoms with van der Waals surface area (Å²) in [5.41, 5.74) is 0. The fraction of sp³-hybridized carbons (Fsp3) is 0.846. The first-order valence-electron chi connectivity index (χ1n) is 5.83. The molecule has 0 radical (unpaired) electrons. The lowest BCUT2D eigenvalue weighted by Gasteiger charge is -2.13. The smallest absolute Gasteiger partial charge is 0.225 e. The normalized spacial score (nSPS) is 14.3. The molecule has 0 spiro atoms. The lowest BCUT2D eigenvalue weighted by atomic mass is 9.92. The minimum absolute atomic E-state index is 0.0619. The van der Waals surface area contributed by atoms with Gasteiger partial charge in [-0.2, -0.15) is 5.26 Å². The van der Waals surface area contributed by atoms with Crippen molar-refractivity contribution in [2.45, 2.75) is 58.9 Å². The third-order valence-corrected chi connectivity index (χ3v) is 2.68. The fourth-order valence-corrected chi connectivity index (χ4v) is 1.67. The van der Waals surface area contributed by atoms with Crippen LogP contribution in [0.1, 0.15) is 52.9 Å². The molecule has 0 aliphatic rings. The summed E-state index contributed by atoms with van der Waals surface area (Å²) in [5.74, 6) is 1.36. The summed E-state index contributed by atoms with van der Waals surface area (Å²) in [4.78, 5) is 3.59. The van der Waals surface area contributed by atoms with E-state index in [0.717, 1.165) is 18.8 Å². The number of nitrogens with zero attached hydrogens (tertiary/aromatic N) is 2. The molecule has 0 aliphatic heterocycles. The van der Waals surface area contributed by atoms with Crippen LogP contribution < -0.4 is 0 Å². The Labute approximate surface area is 94.1 Å². The van der Waals surface area contributed by atoms with Gasteiger partial charge < -0.3 is 4.85 Å². The lowest BCUT2D eigenvalue weighted by molar-refractivity contribution is 0.406. The molecule has 0 N–H and O–H groups in total. The summed E-state index contributed by atoms with van der Waals surface area (Å²) in [6.07, 6.45) is 4.66. The maximum absolute atomic E-state index is 8.47. The maximum atomic E-state index is 8.47. The Bertz CT molecular complexity index is 232. The van der Waals surface area contributed by atoms with E-state index >= 15 is 0 Å². The highest BCUT2D eigenvalue weighted by Gasteiger charge is 2.16. The van der Waals surface area contributed by atoms with Crippen molar-refractivity contribution in [1.82, 2.24) is 0 Å². The number of hydrogen-bond donors (Lipinski definition) is 0. The second-order valence-corrected chi connectivity index (χ2v) is 4.79. The molecule has 0 fully saturated rings. The first kappa shape index (κ1) is 14.0. The summed E-state index contributed by atoms with van der Waals surface area (Å²) >= 11 is 0. The van der Waals surface area contributed by atoms with Crippen molar-refractivity contribution in [2.24, 2.45) is 11.8 Å². The summed E-state index contributed by atoms with van der Waals surface area (Å²) in [6, 6.07) is 2.17. The van der Waals surface area contributed by atoms with Gasteiger partial charge in [0.15, 0.2) is 0 Å². The molecule has 0 amide bonds. The lowest BCUT2D eigenvalue weighted by Crippen LogP contribution is -2.09. The van der Waals surface area contributed by atoms with E-state index in [1.54, 1.807) is 0 Å². The molecule has 84 valence electrons. The van der Waals surface area contributed by atoms with Crippen molar-refractivity contribution < 1.29 is 0 Å². The quantitative estimate of drug-likeness (QED) is 0.578. The van der Waals surface area contributed by atoms with Crippen LogP contribution in [0.15, 0.2) is 0 Å². The van der Waals surface area contributed by atoms with Crippen LogP contribution in [0.5, 0.6) is 0 Å². The van der Waals surface area contributed by atoms with Gasteiger partial charge in [0.1, 0.15) is 0 Å². The van der Waals surface area contributed by atoms with Crippen molar-refractivity contribution in [2.75, 3.05) is 0 Å². The van der Waals surface area contributed by atoms with Gasteiger partial charge in [-0.1, -0.05) is 33.6 Å². The van der Waals surface area contributed by atoms with Crippen LogP contribution in [0.25, 0.3) is 4.85 Å². The van der Waals surface area contributed by atoms with Crippen LogP contribution in [0, 0.1) is 29.7 Å². The first-order chi connectivity index (χ1) is 7.10. The molecular weight excluding hydrogens is 184 g/mol. The van der Waals surface area contributed by atoms with E-state index in [-0.39, 0.29) is 6.04 Å². The van der Waals surface area contributed by atoms with E-state index in [2.05, 4.69) is 31.7 Å². The SMILES string of the molecule is [C-]#[N+][C@@H](CCC#N)CC(C)CCC(C)C. The van der Waals surface area contributed by atoms with Gasteiger partial charge in [0.2, 0.25) is 6.04 Å². The molecule has 0 aromatic heterocycles. The molecule has 2 atom stereocenters. The summed E-state index contributed by atoms with van der Waals surface area (Å²) < 4.78 is 0. The number of hydrogen-bond acceptors (Lipinski definition) is 1. The van der Waals surface area contributed by atoms with Gasteiger partial charge in [-0.3, -0.25) is 0 Å². The average molecular weight is 206 g/mol. The van der Waals surface area contributed by atoms with Crippen molar-refractivity contribution in [3.63, 3.8) is 0 Å². The average Bonchev–Trinajstić information content (AvgIpc) is 2.21. The Balaban J connectivity index is 3.77. The van der Waals surface area contributed by atoms with E-state index in [0.29, 0.717) is 12.3 Å². The van der Waals surface area contributed by atoms with Crippen molar-refractivity contribution in [3.05, 3.63) is 11.4 Å². The molecule has 0 aromatic carbocycles. The molecule has 0 saturated carbocycles. The monoisotopic (exact) mass is 206 g/mol. The van der Waals surface area contributed by atoms with Gasteiger partial charge in [0, 0.05) is 19.3 Å². The molecule has 0 aromatic rings. The fourth-order valence-electron chi connectivity index (χ4n) is 1.67. The number of nitriles is 1. The van der Waals surface area contributed by atoms with Crippen LogP contribution in [0.3, 0.4) is 0 Å². The molecule has 0 saturated heterocycles. The Hall–Kier alpha value is -1.02. The molecule has 1 unspecified atom stereocenters. The minimum Gasteiger partial charge on any atom is -0.314 e. The van der Waals surface area contributed by atoms with Gasteiger partial charge >= 0.3 is 0 Å². The minimum atomic E-state index is 0.0619. The molecule has 2 heteroatoms. The van der Waals surface area contributed by atoms with Gasteiger partial charge in [-0.15, -0.1) is 0 Å². The zero-order valence-corrected chi connectivity index (χ0v) is 10.2. The van der Waals surface area contributed by atoms with Gasteiger partial charge in [0.05, 0.1) is 6.07 Å². The molecule has 0 rings (SSSR count). The third kappa shape index (κ3) is 8.01. The summed E-state index contributed by atoms with van der Waals surface area (Å²) in [7, 11) is 0. The third-order valence-electron chi connectivity index (χ3n) is 2.68. The Morgan fingerprint density at radius 1 is 1.20 bits per heavy atom. The van der Waals surface area contributed by atoms with Crippen LogP contribution in [0.2, 0.25) is 0 Å². The highest BCUT2D eigenvalue weighted by molar-refractivity contribution is 4.84. The topological polar surface area (TPSA) is 28.1 Å². The molecule has 0 bridgehead atoms. The zero-order chi connectivity index (χ0) is 11.7. The van der Waals surface area contributed by atoms with E-state index < -0.39 is 0 Å². The van der Waals surface area contributed by atoms with Gasteiger partial charge in [0.25, 0.3) is 0 Å². The first-order valence-corrected chi connectivity index (χ1v) is 5.83. The summed E-state index contributed by atoms with van der Waals surface area (Å²) in [5, 5.41) is 8.47. The summed E-state index contributed by atoms with van der Waals surface area (Å²) in [6.45, 7) is 13.7. The van der Waals surface area contributed by atoms with Crippen LogP contribution in [-0.4, -0.2) is 6.04 Å². The Kier molecular flexibility index (Phi) is 7.74. The van der Waals surface area contributed by atoms with Crippen molar-refractivity contribution in [3.8, 4) is 6.07 Å². The standard InChI is InChI=1S/C13H22N2/c1-11(2)7-8-12(3)10-13(15-4)6-5-9-14/h11-13H,5-8,10H2,1-3H3/t12?,13-/m0/s1. The molecule has 15 heavy (non-hydrogen) atoms. The largest absolute Gasteiger partial charge is 0.314 e. The second-order valence-electron chi connectivity index (χ2n) is 4.79. The van der Waals surface area contributed by atoms with Gasteiger partial charge in [-0.05, 0) is 11.8 Å². The molecule has 0 aliphatic carbocycles. The van der Waals surface area contributed by atoms with E-state index in [1.165, 1.54) is 12.8 Å². The predicted octanol–water partition coefficient (Wildman–Crippen LogP) is 4.04. The van der Waals surface area contributed by atoms with Crippen LogP contribution in [0.4, 0.5) is 0 Å². The predicted molar refractivity (Wildman–Crippen MR) is 63.1 cm³/mol.